The fourth-order valence-electron chi connectivity index (χ4n) is 3.11. The standard InChI is InChI=1S/C21H38N6O7/c1-3-4-5-6-7-8-11-23-16(30)10-9-15(19-26-18(27-34-19)14(22)12-28)24-21(33)25-17(13(2)29)20(31)32/h13-15,17,28-29H,3-12,22H2,1-2H3,(H,23,30)(H,31,32)(H2,24,25,33)/t13?,14-,15-,17-/m0/s1. The first-order valence-electron chi connectivity index (χ1n) is 11.6. The molecule has 0 aromatic carbocycles. The van der Waals surface area contributed by atoms with Crippen molar-refractivity contribution in [3.8, 4) is 0 Å². The Balaban J connectivity index is 2.69. The van der Waals surface area contributed by atoms with Gasteiger partial charge in [0.1, 0.15) is 6.04 Å². The van der Waals surface area contributed by atoms with Crippen LogP contribution in [0, 0.1) is 0 Å². The third-order valence-electron chi connectivity index (χ3n) is 5.14. The zero-order chi connectivity index (χ0) is 25.5. The summed E-state index contributed by atoms with van der Waals surface area (Å²) in [6.45, 7) is 3.51. The molecular formula is C21H38N6O7. The minimum absolute atomic E-state index is 0.0182. The van der Waals surface area contributed by atoms with Crippen molar-refractivity contribution in [2.45, 2.75) is 89.4 Å². The number of nitrogens with one attached hydrogen (secondary N) is 3. The Morgan fingerprint density at radius 2 is 1.79 bits per heavy atom. The number of nitrogens with zero attached hydrogens (tertiary/aromatic N) is 2. The Labute approximate surface area is 198 Å². The Hall–Kier alpha value is -2.77. The van der Waals surface area contributed by atoms with Gasteiger partial charge in [-0.2, -0.15) is 4.98 Å². The Morgan fingerprint density at radius 3 is 2.41 bits per heavy atom. The van der Waals surface area contributed by atoms with Gasteiger partial charge in [-0.15, -0.1) is 0 Å². The topological polar surface area (TPSA) is 213 Å². The maximum atomic E-state index is 12.4. The van der Waals surface area contributed by atoms with E-state index in [4.69, 9.17) is 20.5 Å². The van der Waals surface area contributed by atoms with E-state index in [2.05, 4.69) is 33.0 Å². The summed E-state index contributed by atoms with van der Waals surface area (Å²) >= 11 is 0. The van der Waals surface area contributed by atoms with Crippen LogP contribution in [0.25, 0.3) is 0 Å². The number of carboxylic acid groups (broad SMARTS) is 1. The van der Waals surface area contributed by atoms with Crippen LogP contribution in [-0.2, 0) is 9.59 Å². The summed E-state index contributed by atoms with van der Waals surface area (Å²) in [6.07, 6.45) is 5.38. The lowest BCUT2D eigenvalue weighted by Gasteiger charge is -2.20. The maximum Gasteiger partial charge on any atom is 0.328 e. The number of carbonyl (C=O) groups excluding carboxylic acids is 2. The van der Waals surface area contributed by atoms with Gasteiger partial charge in [-0.05, 0) is 19.8 Å². The van der Waals surface area contributed by atoms with Crippen LogP contribution < -0.4 is 21.7 Å². The summed E-state index contributed by atoms with van der Waals surface area (Å²) in [5.74, 6) is -1.67. The lowest BCUT2D eigenvalue weighted by molar-refractivity contribution is -0.141. The first kappa shape index (κ1) is 29.3. The average molecular weight is 487 g/mol. The van der Waals surface area contributed by atoms with E-state index >= 15 is 0 Å². The van der Waals surface area contributed by atoms with Crippen molar-refractivity contribution >= 4 is 17.9 Å². The van der Waals surface area contributed by atoms with Gasteiger partial charge in [0.05, 0.1) is 18.8 Å². The molecule has 8 N–H and O–H groups in total. The van der Waals surface area contributed by atoms with Gasteiger partial charge in [0.25, 0.3) is 0 Å². The highest BCUT2D eigenvalue weighted by Crippen LogP contribution is 2.18. The summed E-state index contributed by atoms with van der Waals surface area (Å²) in [5.41, 5.74) is 5.68. The van der Waals surface area contributed by atoms with Crippen LogP contribution in [-0.4, -0.2) is 68.7 Å². The molecule has 0 spiro atoms. The van der Waals surface area contributed by atoms with Crippen molar-refractivity contribution in [2.75, 3.05) is 13.2 Å². The van der Waals surface area contributed by atoms with E-state index < -0.39 is 42.8 Å². The largest absolute Gasteiger partial charge is 0.480 e. The third-order valence-corrected chi connectivity index (χ3v) is 5.14. The van der Waals surface area contributed by atoms with E-state index in [1.54, 1.807) is 0 Å². The minimum Gasteiger partial charge on any atom is -0.480 e. The quantitative estimate of drug-likeness (QED) is 0.151. The Morgan fingerprint density at radius 1 is 1.12 bits per heavy atom. The molecule has 1 heterocycles. The van der Waals surface area contributed by atoms with E-state index in [0.29, 0.717) is 6.54 Å². The highest BCUT2D eigenvalue weighted by atomic mass is 16.5. The molecule has 1 rings (SSSR count). The molecule has 1 unspecified atom stereocenters. The van der Waals surface area contributed by atoms with E-state index in [9.17, 15) is 19.5 Å². The molecular weight excluding hydrogens is 448 g/mol. The number of carboxylic acids is 1. The van der Waals surface area contributed by atoms with Gasteiger partial charge in [0.2, 0.25) is 11.8 Å². The van der Waals surface area contributed by atoms with E-state index in [1.165, 1.54) is 26.2 Å². The number of aromatic nitrogens is 2. The molecule has 0 fully saturated rings. The number of unbranched alkanes of at least 4 members (excludes halogenated alkanes) is 5. The van der Waals surface area contributed by atoms with Crippen LogP contribution in [0.3, 0.4) is 0 Å². The van der Waals surface area contributed by atoms with Gasteiger partial charge in [-0.25, -0.2) is 9.59 Å². The molecule has 13 nitrogen and oxygen atoms in total. The van der Waals surface area contributed by atoms with Crippen molar-refractivity contribution in [2.24, 2.45) is 5.73 Å². The summed E-state index contributed by atoms with van der Waals surface area (Å²) < 4.78 is 5.14. The molecule has 3 amide bonds. The van der Waals surface area contributed by atoms with Gasteiger partial charge in [0, 0.05) is 13.0 Å². The third kappa shape index (κ3) is 10.9. The van der Waals surface area contributed by atoms with Crippen molar-refractivity contribution in [1.82, 2.24) is 26.1 Å². The number of hydrogen-bond donors (Lipinski definition) is 7. The molecule has 34 heavy (non-hydrogen) atoms. The molecule has 13 heteroatoms. The van der Waals surface area contributed by atoms with E-state index in [1.807, 2.05) is 0 Å². The SMILES string of the molecule is CCCCCCCCNC(=O)CC[C@H](NC(=O)N[C@H](C(=O)O)C(C)O)c1nc([C@@H](N)CO)no1. The van der Waals surface area contributed by atoms with Gasteiger partial charge >= 0.3 is 12.0 Å². The summed E-state index contributed by atoms with van der Waals surface area (Å²) in [6, 6.07) is -4.27. The second-order valence-corrected chi connectivity index (χ2v) is 8.16. The molecule has 194 valence electrons. The van der Waals surface area contributed by atoms with Crippen molar-refractivity contribution in [3.63, 3.8) is 0 Å². The predicted molar refractivity (Wildman–Crippen MR) is 121 cm³/mol. The smallest absolute Gasteiger partial charge is 0.328 e. The van der Waals surface area contributed by atoms with Gasteiger partial charge in [-0.3, -0.25) is 4.79 Å². The fraction of sp³-hybridized carbons (Fsp3) is 0.762. The van der Waals surface area contributed by atoms with E-state index in [0.717, 1.165) is 19.3 Å². The molecule has 0 saturated heterocycles. The number of aliphatic hydroxyl groups excluding tert-OH is 2. The van der Waals surface area contributed by atoms with Crippen molar-refractivity contribution in [3.05, 3.63) is 11.7 Å². The number of aliphatic carboxylic acids is 1. The molecule has 0 bridgehead atoms. The summed E-state index contributed by atoms with van der Waals surface area (Å²) in [7, 11) is 0. The molecule has 4 atom stereocenters. The van der Waals surface area contributed by atoms with E-state index in [-0.39, 0.29) is 30.5 Å². The normalized spacial score (nSPS) is 14.6. The number of aliphatic hydroxyl groups is 2. The Kier molecular flexibility index (Phi) is 13.7. The second-order valence-electron chi connectivity index (χ2n) is 8.16. The number of amides is 3. The van der Waals surface area contributed by atoms with Crippen LogP contribution >= 0.6 is 0 Å². The summed E-state index contributed by atoms with van der Waals surface area (Å²) in [4.78, 5) is 39.9. The predicted octanol–water partition coefficient (Wildman–Crippen LogP) is 0.493. The zero-order valence-corrected chi connectivity index (χ0v) is 19.8. The molecule has 0 radical (unpaired) electrons. The van der Waals surface area contributed by atoms with Crippen LogP contribution in [0.1, 0.15) is 89.0 Å². The molecule has 1 aromatic rings. The lowest BCUT2D eigenvalue weighted by atomic mass is 10.1. The van der Waals surface area contributed by atoms with Crippen LogP contribution in [0.15, 0.2) is 4.52 Å². The average Bonchev–Trinajstić information content (AvgIpc) is 3.28. The minimum atomic E-state index is -1.54. The fourth-order valence-corrected chi connectivity index (χ4v) is 3.11. The molecule has 1 aromatic heterocycles. The monoisotopic (exact) mass is 486 g/mol. The summed E-state index contributed by atoms with van der Waals surface area (Å²) in [5, 5.41) is 39.0. The van der Waals surface area contributed by atoms with Gasteiger partial charge in [0.15, 0.2) is 11.9 Å². The number of nitrogens with two attached hydrogens (primary N) is 1. The number of hydrogen-bond acceptors (Lipinski definition) is 9. The van der Waals surface area contributed by atoms with Gasteiger partial charge < -0.3 is 41.5 Å². The molecule has 0 aliphatic rings. The Bertz CT molecular complexity index is 758. The molecule has 0 saturated carbocycles. The van der Waals surface area contributed by atoms with Crippen molar-refractivity contribution < 1.29 is 34.2 Å². The number of rotatable bonds is 17. The van der Waals surface area contributed by atoms with Crippen LogP contribution in [0.4, 0.5) is 4.79 Å². The first-order chi connectivity index (χ1) is 16.2. The molecule has 0 aliphatic heterocycles. The first-order valence-corrected chi connectivity index (χ1v) is 11.6. The van der Waals surface area contributed by atoms with Crippen molar-refractivity contribution in [1.29, 1.82) is 0 Å². The highest BCUT2D eigenvalue weighted by Gasteiger charge is 2.28. The highest BCUT2D eigenvalue weighted by molar-refractivity contribution is 5.83. The van der Waals surface area contributed by atoms with Gasteiger partial charge in [-0.1, -0.05) is 44.2 Å². The maximum absolute atomic E-state index is 12.4. The van der Waals surface area contributed by atoms with Crippen LogP contribution in [0.2, 0.25) is 0 Å². The molecule has 0 aliphatic carbocycles. The number of urea groups is 1. The lowest BCUT2D eigenvalue weighted by Crippen LogP contribution is -2.51. The van der Waals surface area contributed by atoms with Crippen LogP contribution in [0.5, 0.6) is 0 Å². The zero-order valence-electron chi connectivity index (χ0n) is 19.8. The second kappa shape index (κ2) is 16.0. The number of carbonyl (C=O) groups is 3.